The lowest BCUT2D eigenvalue weighted by atomic mass is 10.1. The maximum atomic E-state index is 11.6. The highest BCUT2D eigenvalue weighted by Crippen LogP contribution is 2.24. The molecule has 2 rings (SSSR count). The van der Waals surface area contributed by atoms with E-state index in [-0.39, 0.29) is 24.2 Å². The van der Waals surface area contributed by atoms with E-state index in [9.17, 15) is 9.59 Å². The van der Waals surface area contributed by atoms with Crippen LogP contribution in [0.2, 0.25) is 0 Å². The molecule has 78 valence electrons. The van der Waals surface area contributed by atoms with Gasteiger partial charge in [0.1, 0.15) is 5.82 Å². The molecule has 0 aliphatic carbocycles. The third-order valence-corrected chi connectivity index (χ3v) is 2.37. The summed E-state index contributed by atoms with van der Waals surface area (Å²) in [5.74, 6) is -0.303. The molecule has 0 radical (unpaired) electrons. The van der Waals surface area contributed by atoms with Gasteiger partial charge in [-0.1, -0.05) is 6.92 Å². The topological polar surface area (TPSA) is 76.3 Å². The zero-order valence-corrected chi connectivity index (χ0v) is 8.30. The molecule has 1 fully saturated rings. The second kappa shape index (κ2) is 3.34. The Labute approximate surface area is 86.9 Å². The summed E-state index contributed by atoms with van der Waals surface area (Å²) in [6, 6.07) is 3.19. The Kier molecular flexibility index (Phi) is 2.15. The van der Waals surface area contributed by atoms with Gasteiger partial charge in [0.2, 0.25) is 11.8 Å². The summed E-state index contributed by atoms with van der Waals surface area (Å²) in [6.45, 7) is 1.73. The van der Waals surface area contributed by atoms with Crippen LogP contribution in [0.25, 0.3) is 0 Å². The van der Waals surface area contributed by atoms with Gasteiger partial charge in [0.05, 0.1) is 11.9 Å². The number of nitrogen functional groups attached to an aromatic ring is 1. The van der Waals surface area contributed by atoms with Crippen LogP contribution in [-0.4, -0.2) is 16.8 Å². The number of imide groups is 1. The second-order valence-electron chi connectivity index (χ2n) is 3.62. The molecule has 1 saturated heterocycles. The van der Waals surface area contributed by atoms with Crippen LogP contribution in [0.15, 0.2) is 18.3 Å². The van der Waals surface area contributed by atoms with E-state index in [0.717, 1.165) is 4.90 Å². The average Bonchev–Trinajstić information content (AvgIpc) is 2.44. The number of rotatable bonds is 1. The minimum absolute atomic E-state index is 0.197. The van der Waals surface area contributed by atoms with Crippen LogP contribution in [0, 0.1) is 5.92 Å². The lowest BCUT2D eigenvalue weighted by molar-refractivity contribution is -0.122. The number of hydrogen-bond donors (Lipinski definition) is 1. The Morgan fingerprint density at radius 2 is 2.20 bits per heavy atom. The summed E-state index contributed by atoms with van der Waals surface area (Å²) in [7, 11) is 0. The number of hydrogen-bond acceptors (Lipinski definition) is 4. The zero-order chi connectivity index (χ0) is 11.0. The standard InChI is InChI=1S/C10H11N3O2/c1-6-4-9(14)13(10(6)15)8-3-2-7(11)5-12-8/h2-3,5-6H,4,11H2,1H3. The van der Waals surface area contributed by atoms with Crippen molar-refractivity contribution in [1.82, 2.24) is 4.98 Å². The molecule has 1 aliphatic heterocycles. The molecule has 1 atom stereocenters. The van der Waals surface area contributed by atoms with E-state index in [1.165, 1.54) is 6.20 Å². The Hall–Kier alpha value is -1.91. The first-order valence-corrected chi connectivity index (χ1v) is 4.68. The van der Waals surface area contributed by atoms with Gasteiger partial charge in [-0.3, -0.25) is 9.59 Å². The van der Waals surface area contributed by atoms with Crippen LogP contribution >= 0.6 is 0 Å². The van der Waals surface area contributed by atoms with Gasteiger partial charge in [0, 0.05) is 12.3 Å². The lowest BCUT2D eigenvalue weighted by Gasteiger charge is -2.12. The van der Waals surface area contributed by atoms with Crippen LogP contribution in [0.4, 0.5) is 11.5 Å². The normalized spacial score (nSPS) is 21.1. The van der Waals surface area contributed by atoms with Crippen molar-refractivity contribution in [3.8, 4) is 0 Å². The molecule has 1 aliphatic rings. The number of anilines is 2. The number of pyridine rings is 1. The van der Waals surface area contributed by atoms with Crippen LogP contribution in [0.5, 0.6) is 0 Å². The molecule has 2 N–H and O–H groups in total. The van der Waals surface area contributed by atoms with Gasteiger partial charge in [0.15, 0.2) is 0 Å². The minimum Gasteiger partial charge on any atom is -0.397 e. The van der Waals surface area contributed by atoms with Crippen molar-refractivity contribution < 1.29 is 9.59 Å². The first-order chi connectivity index (χ1) is 7.09. The predicted molar refractivity (Wildman–Crippen MR) is 54.9 cm³/mol. The molecule has 0 spiro atoms. The fourth-order valence-electron chi connectivity index (χ4n) is 1.55. The summed E-state index contributed by atoms with van der Waals surface area (Å²) in [4.78, 5) is 28.2. The van der Waals surface area contributed by atoms with Crippen LogP contribution in [0.3, 0.4) is 0 Å². The second-order valence-corrected chi connectivity index (χ2v) is 3.62. The number of nitrogens with two attached hydrogens (primary N) is 1. The third kappa shape index (κ3) is 1.56. The smallest absolute Gasteiger partial charge is 0.238 e. The van der Waals surface area contributed by atoms with Gasteiger partial charge in [-0.05, 0) is 12.1 Å². The maximum absolute atomic E-state index is 11.6. The fraction of sp³-hybridized carbons (Fsp3) is 0.300. The summed E-state index contributed by atoms with van der Waals surface area (Å²) in [5, 5.41) is 0. The van der Waals surface area contributed by atoms with Gasteiger partial charge in [-0.2, -0.15) is 0 Å². The van der Waals surface area contributed by atoms with Crippen molar-refractivity contribution in [3.63, 3.8) is 0 Å². The molecule has 2 heterocycles. The summed E-state index contributed by atoms with van der Waals surface area (Å²) in [6.07, 6.45) is 1.68. The fourth-order valence-corrected chi connectivity index (χ4v) is 1.55. The summed E-state index contributed by atoms with van der Waals surface area (Å²) < 4.78 is 0. The number of aromatic nitrogens is 1. The van der Waals surface area contributed by atoms with E-state index in [0.29, 0.717) is 11.5 Å². The number of amides is 2. The van der Waals surface area contributed by atoms with Crippen molar-refractivity contribution in [2.24, 2.45) is 5.92 Å². The summed E-state index contributed by atoms with van der Waals surface area (Å²) >= 11 is 0. The lowest BCUT2D eigenvalue weighted by Crippen LogP contribution is -2.30. The Balaban J connectivity index is 2.35. The molecule has 1 unspecified atom stereocenters. The highest BCUT2D eigenvalue weighted by molar-refractivity contribution is 6.20. The molecule has 2 amide bonds. The van der Waals surface area contributed by atoms with Gasteiger partial charge >= 0.3 is 0 Å². The number of nitrogens with zero attached hydrogens (tertiary/aromatic N) is 2. The first kappa shape index (κ1) is 9.64. The van der Waals surface area contributed by atoms with Crippen LogP contribution < -0.4 is 10.6 Å². The molecule has 1 aromatic rings. The first-order valence-electron chi connectivity index (χ1n) is 4.68. The van der Waals surface area contributed by atoms with Crippen molar-refractivity contribution in [1.29, 1.82) is 0 Å². The predicted octanol–water partition coefficient (Wildman–Crippen LogP) is 0.563. The Morgan fingerprint density at radius 3 is 2.67 bits per heavy atom. The zero-order valence-electron chi connectivity index (χ0n) is 8.30. The average molecular weight is 205 g/mol. The molecule has 0 bridgehead atoms. The van der Waals surface area contributed by atoms with E-state index < -0.39 is 0 Å². The van der Waals surface area contributed by atoms with E-state index in [1.807, 2.05) is 0 Å². The Morgan fingerprint density at radius 1 is 1.47 bits per heavy atom. The molecule has 0 saturated carbocycles. The van der Waals surface area contributed by atoms with Gasteiger partial charge in [-0.25, -0.2) is 9.88 Å². The van der Waals surface area contributed by atoms with Crippen LogP contribution in [0.1, 0.15) is 13.3 Å². The Bertz CT molecular complexity index is 413. The maximum Gasteiger partial charge on any atom is 0.238 e. The van der Waals surface area contributed by atoms with Crippen molar-refractivity contribution >= 4 is 23.3 Å². The van der Waals surface area contributed by atoms with E-state index in [1.54, 1.807) is 19.1 Å². The third-order valence-electron chi connectivity index (χ3n) is 2.37. The monoisotopic (exact) mass is 205 g/mol. The van der Waals surface area contributed by atoms with Gasteiger partial charge < -0.3 is 5.73 Å². The molecular weight excluding hydrogens is 194 g/mol. The molecule has 5 heteroatoms. The molecule has 5 nitrogen and oxygen atoms in total. The molecular formula is C10H11N3O2. The number of carbonyl (C=O) groups excluding carboxylic acids is 2. The van der Waals surface area contributed by atoms with Crippen LogP contribution in [-0.2, 0) is 9.59 Å². The minimum atomic E-state index is -0.253. The molecule has 15 heavy (non-hydrogen) atoms. The van der Waals surface area contributed by atoms with Crippen molar-refractivity contribution in [2.45, 2.75) is 13.3 Å². The van der Waals surface area contributed by atoms with Gasteiger partial charge in [-0.15, -0.1) is 0 Å². The summed E-state index contributed by atoms with van der Waals surface area (Å²) in [5.41, 5.74) is 5.98. The SMILES string of the molecule is CC1CC(=O)N(c2ccc(N)cn2)C1=O. The molecule has 0 aromatic carbocycles. The van der Waals surface area contributed by atoms with E-state index in [2.05, 4.69) is 4.98 Å². The quantitative estimate of drug-likeness (QED) is 0.680. The highest BCUT2D eigenvalue weighted by Gasteiger charge is 2.37. The van der Waals surface area contributed by atoms with E-state index >= 15 is 0 Å². The largest absolute Gasteiger partial charge is 0.397 e. The van der Waals surface area contributed by atoms with Gasteiger partial charge in [0.25, 0.3) is 0 Å². The van der Waals surface area contributed by atoms with E-state index in [4.69, 9.17) is 5.73 Å². The van der Waals surface area contributed by atoms with Crippen molar-refractivity contribution in [2.75, 3.05) is 10.6 Å². The van der Waals surface area contributed by atoms with Crippen molar-refractivity contribution in [3.05, 3.63) is 18.3 Å². The molecule has 1 aromatic heterocycles. The number of carbonyl (C=O) groups is 2. The highest BCUT2D eigenvalue weighted by atomic mass is 16.2.